The van der Waals surface area contributed by atoms with Crippen molar-refractivity contribution in [2.45, 2.75) is 58.1 Å². The summed E-state index contributed by atoms with van der Waals surface area (Å²) in [5.74, 6) is 0.729. The smallest absolute Gasteiger partial charge is 0.0731 e. The van der Waals surface area contributed by atoms with E-state index < -0.39 is 0 Å². The summed E-state index contributed by atoms with van der Waals surface area (Å²) in [6.07, 6.45) is 4.57. The zero-order valence-electron chi connectivity index (χ0n) is 10.6. The van der Waals surface area contributed by atoms with Gasteiger partial charge in [-0.3, -0.25) is 4.90 Å². The molecule has 15 heavy (non-hydrogen) atoms. The van der Waals surface area contributed by atoms with Crippen LogP contribution in [0.4, 0.5) is 0 Å². The third-order valence-corrected chi connectivity index (χ3v) is 5.31. The highest BCUT2D eigenvalue weighted by Crippen LogP contribution is 2.62. The highest BCUT2D eigenvalue weighted by molar-refractivity contribution is 5.18. The summed E-state index contributed by atoms with van der Waals surface area (Å²) in [6.45, 7) is 8.03. The van der Waals surface area contributed by atoms with Gasteiger partial charge in [0.15, 0.2) is 0 Å². The molecule has 0 aliphatic heterocycles. The fourth-order valence-electron chi connectivity index (χ4n) is 4.38. The summed E-state index contributed by atoms with van der Waals surface area (Å²) in [4.78, 5) is 2.44. The Morgan fingerprint density at radius 1 is 1.40 bits per heavy atom. The summed E-state index contributed by atoms with van der Waals surface area (Å²) in [5.41, 5.74) is 0.351. The van der Waals surface area contributed by atoms with Crippen molar-refractivity contribution in [2.75, 3.05) is 13.6 Å². The quantitative estimate of drug-likeness (QED) is 0.774. The third kappa shape index (κ3) is 1.24. The van der Waals surface area contributed by atoms with Crippen molar-refractivity contribution in [3.8, 4) is 0 Å². The minimum atomic E-state index is -0.109. The molecule has 2 fully saturated rings. The molecule has 2 heteroatoms. The van der Waals surface area contributed by atoms with E-state index in [9.17, 15) is 5.11 Å². The second-order valence-corrected chi connectivity index (χ2v) is 6.05. The number of aliphatic hydroxyl groups is 1. The maximum atomic E-state index is 10.4. The van der Waals surface area contributed by atoms with Gasteiger partial charge in [0.05, 0.1) is 11.6 Å². The highest BCUT2D eigenvalue weighted by atomic mass is 16.3. The monoisotopic (exact) mass is 211 g/mol. The van der Waals surface area contributed by atoms with Crippen molar-refractivity contribution in [1.29, 1.82) is 0 Å². The second kappa shape index (κ2) is 3.46. The number of likely N-dealkylation sites (N-methyl/N-ethyl adjacent to an activating group) is 1. The van der Waals surface area contributed by atoms with Crippen LogP contribution >= 0.6 is 0 Å². The second-order valence-electron chi connectivity index (χ2n) is 6.05. The van der Waals surface area contributed by atoms with E-state index in [1.165, 1.54) is 19.3 Å². The first kappa shape index (κ1) is 11.4. The molecule has 3 unspecified atom stereocenters. The molecule has 0 aromatic rings. The first-order chi connectivity index (χ1) is 6.96. The lowest BCUT2D eigenvalue weighted by molar-refractivity contribution is -0.0458. The fourth-order valence-corrected chi connectivity index (χ4v) is 4.38. The number of hydrogen-bond donors (Lipinski definition) is 1. The predicted octanol–water partition coefficient (Wildman–Crippen LogP) is 2.27. The van der Waals surface area contributed by atoms with Gasteiger partial charge in [0.1, 0.15) is 0 Å². The SMILES string of the molecule is CCCN(C)C12CCC(CC1O)C2(C)C. The minimum absolute atomic E-state index is 0.0632. The molecule has 2 aliphatic rings. The van der Waals surface area contributed by atoms with Crippen molar-refractivity contribution in [3.05, 3.63) is 0 Å². The van der Waals surface area contributed by atoms with Gasteiger partial charge in [-0.05, 0) is 50.6 Å². The summed E-state index contributed by atoms with van der Waals surface area (Å²) < 4.78 is 0. The molecule has 3 atom stereocenters. The van der Waals surface area contributed by atoms with Gasteiger partial charge in [0, 0.05) is 0 Å². The van der Waals surface area contributed by atoms with Crippen molar-refractivity contribution in [1.82, 2.24) is 4.90 Å². The van der Waals surface area contributed by atoms with Crippen LogP contribution in [0.1, 0.15) is 46.5 Å². The van der Waals surface area contributed by atoms with Gasteiger partial charge in [-0.2, -0.15) is 0 Å². The van der Waals surface area contributed by atoms with Gasteiger partial charge in [0.25, 0.3) is 0 Å². The normalized spacial score (nSPS) is 42.8. The van der Waals surface area contributed by atoms with Crippen LogP contribution in [0.15, 0.2) is 0 Å². The Bertz CT molecular complexity index is 251. The van der Waals surface area contributed by atoms with Crippen molar-refractivity contribution in [2.24, 2.45) is 11.3 Å². The van der Waals surface area contributed by atoms with E-state index in [0.29, 0.717) is 0 Å². The molecule has 88 valence electrons. The molecule has 2 bridgehead atoms. The van der Waals surface area contributed by atoms with Gasteiger partial charge in [0.2, 0.25) is 0 Å². The third-order valence-electron chi connectivity index (χ3n) is 5.31. The summed E-state index contributed by atoms with van der Waals surface area (Å²) in [5, 5.41) is 10.4. The first-order valence-electron chi connectivity index (χ1n) is 6.36. The van der Waals surface area contributed by atoms with Crippen LogP contribution in [0.3, 0.4) is 0 Å². The van der Waals surface area contributed by atoms with E-state index in [1.54, 1.807) is 0 Å². The Labute approximate surface area is 93.7 Å². The Morgan fingerprint density at radius 3 is 2.47 bits per heavy atom. The lowest BCUT2D eigenvalue weighted by Crippen LogP contribution is -2.58. The van der Waals surface area contributed by atoms with Crippen molar-refractivity contribution >= 4 is 0 Å². The molecule has 2 saturated carbocycles. The van der Waals surface area contributed by atoms with E-state index in [0.717, 1.165) is 18.9 Å². The van der Waals surface area contributed by atoms with Crippen LogP contribution in [-0.4, -0.2) is 35.2 Å². The molecule has 0 saturated heterocycles. The Morgan fingerprint density at radius 2 is 2.07 bits per heavy atom. The Kier molecular flexibility index (Phi) is 2.63. The van der Waals surface area contributed by atoms with Crippen LogP contribution in [-0.2, 0) is 0 Å². The van der Waals surface area contributed by atoms with E-state index in [2.05, 4.69) is 32.7 Å². The van der Waals surface area contributed by atoms with E-state index >= 15 is 0 Å². The van der Waals surface area contributed by atoms with Crippen LogP contribution in [0.25, 0.3) is 0 Å². The van der Waals surface area contributed by atoms with Gasteiger partial charge in [-0.1, -0.05) is 20.8 Å². The first-order valence-corrected chi connectivity index (χ1v) is 6.36. The molecule has 1 N–H and O–H groups in total. The molecule has 0 aromatic heterocycles. The molecule has 0 radical (unpaired) electrons. The van der Waals surface area contributed by atoms with E-state index in [-0.39, 0.29) is 17.1 Å². The molecule has 2 aliphatic carbocycles. The number of hydrogen-bond acceptors (Lipinski definition) is 2. The molecule has 2 rings (SSSR count). The van der Waals surface area contributed by atoms with Crippen molar-refractivity contribution in [3.63, 3.8) is 0 Å². The molecular formula is C13H25NO. The molecular weight excluding hydrogens is 186 g/mol. The van der Waals surface area contributed by atoms with Crippen LogP contribution in [0.5, 0.6) is 0 Å². The summed E-state index contributed by atoms with van der Waals surface area (Å²) >= 11 is 0. The average Bonchev–Trinajstić information content (AvgIpc) is 2.51. The average molecular weight is 211 g/mol. The zero-order chi connectivity index (χ0) is 11.3. The van der Waals surface area contributed by atoms with Gasteiger partial charge in [-0.15, -0.1) is 0 Å². The molecule has 0 spiro atoms. The van der Waals surface area contributed by atoms with Crippen LogP contribution < -0.4 is 0 Å². The van der Waals surface area contributed by atoms with E-state index in [1.807, 2.05) is 0 Å². The number of fused-ring (bicyclic) bond motifs is 2. The van der Waals surface area contributed by atoms with Gasteiger partial charge < -0.3 is 5.11 Å². The highest BCUT2D eigenvalue weighted by Gasteiger charge is 2.65. The van der Waals surface area contributed by atoms with Crippen LogP contribution in [0, 0.1) is 11.3 Å². The minimum Gasteiger partial charge on any atom is -0.391 e. The molecule has 2 nitrogen and oxygen atoms in total. The molecule has 0 aromatic carbocycles. The van der Waals surface area contributed by atoms with Gasteiger partial charge in [-0.25, -0.2) is 0 Å². The standard InChI is InChI=1S/C13H25NO/c1-5-8-14(4)13-7-6-10(9-11(13)15)12(13,2)3/h10-11,15H,5-9H2,1-4H3. The van der Waals surface area contributed by atoms with Crippen molar-refractivity contribution < 1.29 is 5.11 Å². The summed E-state index contributed by atoms with van der Waals surface area (Å²) in [6, 6.07) is 0. The van der Waals surface area contributed by atoms with Gasteiger partial charge >= 0.3 is 0 Å². The fraction of sp³-hybridized carbons (Fsp3) is 1.00. The number of aliphatic hydroxyl groups excluding tert-OH is 1. The lowest BCUT2D eigenvalue weighted by Gasteiger charge is -2.47. The Balaban J connectivity index is 2.31. The maximum Gasteiger partial charge on any atom is 0.0731 e. The predicted molar refractivity (Wildman–Crippen MR) is 62.8 cm³/mol. The Hall–Kier alpha value is -0.0800. The maximum absolute atomic E-state index is 10.4. The van der Waals surface area contributed by atoms with Crippen LogP contribution in [0.2, 0.25) is 0 Å². The topological polar surface area (TPSA) is 23.5 Å². The lowest BCUT2D eigenvalue weighted by atomic mass is 9.74. The zero-order valence-corrected chi connectivity index (χ0v) is 10.6. The largest absolute Gasteiger partial charge is 0.391 e. The molecule has 0 amide bonds. The summed E-state index contributed by atoms with van der Waals surface area (Å²) in [7, 11) is 2.20. The van der Waals surface area contributed by atoms with E-state index in [4.69, 9.17) is 0 Å². The number of rotatable bonds is 3. The molecule has 0 heterocycles. The number of nitrogens with zero attached hydrogens (tertiary/aromatic N) is 1.